The number of carbonyl (C=O) groups excluding carboxylic acids is 2. The molecule has 1 atom stereocenters. The van der Waals surface area contributed by atoms with Crippen molar-refractivity contribution in [2.24, 2.45) is 0 Å². The third-order valence-electron chi connectivity index (χ3n) is 5.01. The Morgan fingerprint density at radius 3 is 2.83 bits per heavy atom. The second-order valence-corrected chi connectivity index (χ2v) is 7.91. The Kier molecular flexibility index (Phi) is 3.62. The van der Waals surface area contributed by atoms with Crippen LogP contribution in [0.4, 0.5) is 4.79 Å². The minimum Gasteiger partial charge on any atom is -0.322 e. The normalized spacial score (nSPS) is 24.7. The number of nitrogens with one attached hydrogen (secondary N) is 1. The number of rotatable bonds is 3. The van der Waals surface area contributed by atoms with Crippen molar-refractivity contribution in [2.45, 2.75) is 38.4 Å². The zero-order valence-corrected chi connectivity index (χ0v) is 14.7. The van der Waals surface area contributed by atoms with Gasteiger partial charge in [0.25, 0.3) is 5.91 Å². The van der Waals surface area contributed by atoms with E-state index in [0.29, 0.717) is 13.0 Å². The van der Waals surface area contributed by atoms with Gasteiger partial charge in [-0.05, 0) is 42.7 Å². The van der Waals surface area contributed by atoms with Crippen molar-refractivity contribution in [2.75, 3.05) is 13.1 Å². The molecule has 2 aromatic rings. The first-order chi connectivity index (χ1) is 11.5. The third-order valence-corrected chi connectivity index (χ3v) is 6.03. The van der Waals surface area contributed by atoms with E-state index < -0.39 is 5.54 Å². The molecule has 3 amide bonds. The second kappa shape index (κ2) is 5.57. The maximum absolute atomic E-state index is 12.8. The molecule has 2 aliphatic heterocycles. The molecule has 4 rings (SSSR count). The fourth-order valence-corrected chi connectivity index (χ4v) is 4.76. The summed E-state index contributed by atoms with van der Waals surface area (Å²) in [7, 11) is 0. The highest BCUT2D eigenvalue weighted by atomic mass is 32.1. The van der Waals surface area contributed by atoms with Crippen molar-refractivity contribution < 1.29 is 9.59 Å². The number of imide groups is 1. The van der Waals surface area contributed by atoms with Gasteiger partial charge in [0.05, 0.1) is 0 Å². The summed E-state index contributed by atoms with van der Waals surface area (Å²) in [6, 6.07) is 8.04. The van der Waals surface area contributed by atoms with Gasteiger partial charge in [-0.1, -0.05) is 18.2 Å². The summed E-state index contributed by atoms with van der Waals surface area (Å²) in [5.41, 5.74) is 0.567. The summed E-state index contributed by atoms with van der Waals surface area (Å²) >= 11 is 1.75. The molecule has 2 aliphatic rings. The molecule has 24 heavy (non-hydrogen) atoms. The summed E-state index contributed by atoms with van der Waals surface area (Å²) in [4.78, 5) is 28.6. The van der Waals surface area contributed by atoms with E-state index in [-0.39, 0.29) is 18.0 Å². The summed E-state index contributed by atoms with van der Waals surface area (Å²) in [5, 5.41) is 6.44. The number of hydrogen-bond acceptors (Lipinski definition) is 4. The van der Waals surface area contributed by atoms with Crippen LogP contribution in [0.5, 0.6) is 0 Å². The molecular weight excluding hydrogens is 322 g/mol. The lowest BCUT2D eigenvalue weighted by molar-refractivity contribution is -0.132. The van der Waals surface area contributed by atoms with Gasteiger partial charge in [0.15, 0.2) is 0 Å². The predicted molar refractivity (Wildman–Crippen MR) is 95.0 cm³/mol. The fraction of sp³-hybridized carbons (Fsp3) is 0.444. The Balaban J connectivity index is 1.53. The molecule has 126 valence electrons. The molecule has 0 unspecified atom stereocenters. The maximum atomic E-state index is 12.8. The Morgan fingerprint density at radius 1 is 1.29 bits per heavy atom. The van der Waals surface area contributed by atoms with Gasteiger partial charge in [-0.15, -0.1) is 11.3 Å². The number of carbonyl (C=O) groups is 2. The topological polar surface area (TPSA) is 52.7 Å². The Hall–Kier alpha value is -1.92. The van der Waals surface area contributed by atoms with Crippen LogP contribution in [0.3, 0.4) is 0 Å². The van der Waals surface area contributed by atoms with Gasteiger partial charge in [0.1, 0.15) is 5.54 Å². The molecule has 5 nitrogen and oxygen atoms in total. The molecule has 2 fully saturated rings. The fourth-order valence-electron chi connectivity index (χ4n) is 3.81. The molecule has 0 aliphatic carbocycles. The molecule has 1 aromatic carbocycles. The summed E-state index contributed by atoms with van der Waals surface area (Å²) in [5.74, 6) is -0.0693. The number of benzene rings is 1. The molecule has 0 saturated carbocycles. The van der Waals surface area contributed by atoms with Crippen molar-refractivity contribution in [3.8, 4) is 0 Å². The first-order valence-corrected chi connectivity index (χ1v) is 9.21. The van der Waals surface area contributed by atoms with Gasteiger partial charge in [0, 0.05) is 30.4 Å². The molecular formula is C18H21N3O2S. The highest BCUT2D eigenvalue weighted by Crippen LogP contribution is 2.32. The standard InChI is InChI=1S/C18H21N3O2S/c1-12(2)21-16(22)18(19-17(21)23)7-8-20(11-18)9-13-10-24-15-6-4-3-5-14(13)15/h3-6,10,12H,7-9,11H2,1-2H3,(H,19,23)/t18-/m0/s1. The number of urea groups is 1. The van der Waals surface area contributed by atoms with Crippen LogP contribution in [-0.4, -0.2) is 46.4 Å². The summed E-state index contributed by atoms with van der Waals surface area (Å²) in [6.07, 6.45) is 0.683. The van der Waals surface area contributed by atoms with E-state index in [1.54, 1.807) is 11.3 Å². The zero-order chi connectivity index (χ0) is 16.9. The van der Waals surface area contributed by atoms with Crippen LogP contribution in [0.1, 0.15) is 25.8 Å². The summed E-state index contributed by atoms with van der Waals surface area (Å²) < 4.78 is 1.29. The van der Waals surface area contributed by atoms with Crippen molar-refractivity contribution in [1.82, 2.24) is 15.1 Å². The van der Waals surface area contributed by atoms with E-state index >= 15 is 0 Å². The number of likely N-dealkylation sites (tertiary alicyclic amines) is 1. The van der Waals surface area contributed by atoms with E-state index in [1.807, 2.05) is 13.8 Å². The average molecular weight is 343 g/mol. The van der Waals surface area contributed by atoms with E-state index in [1.165, 1.54) is 20.5 Å². The van der Waals surface area contributed by atoms with Crippen LogP contribution < -0.4 is 5.32 Å². The van der Waals surface area contributed by atoms with Gasteiger partial charge < -0.3 is 5.32 Å². The van der Waals surface area contributed by atoms with E-state index in [0.717, 1.165) is 13.1 Å². The number of hydrogen-bond donors (Lipinski definition) is 1. The smallest absolute Gasteiger partial charge is 0.322 e. The maximum Gasteiger partial charge on any atom is 0.325 e. The lowest BCUT2D eigenvalue weighted by atomic mass is 9.98. The lowest BCUT2D eigenvalue weighted by Crippen LogP contribution is -2.49. The molecule has 1 spiro atoms. The zero-order valence-electron chi connectivity index (χ0n) is 13.9. The molecule has 2 saturated heterocycles. The molecule has 0 radical (unpaired) electrons. The van der Waals surface area contributed by atoms with Gasteiger partial charge in [-0.2, -0.15) is 0 Å². The number of thiophene rings is 1. The van der Waals surface area contributed by atoms with Crippen molar-refractivity contribution >= 4 is 33.4 Å². The number of amides is 3. The highest BCUT2D eigenvalue weighted by Gasteiger charge is 2.55. The van der Waals surface area contributed by atoms with Crippen LogP contribution in [-0.2, 0) is 11.3 Å². The Morgan fingerprint density at radius 2 is 2.08 bits per heavy atom. The number of fused-ring (bicyclic) bond motifs is 1. The second-order valence-electron chi connectivity index (χ2n) is 7.00. The first kappa shape index (κ1) is 15.6. The summed E-state index contributed by atoms with van der Waals surface area (Å²) in [6.45, 7) is 5.98. The largest absolute Gasteiger partial charge is 0.325 e. The monoisotopic (exact) mass is 343 g/mol. The van der Waals surface area contributed by atoms with E-state index in [2.05, 4.69) is 39.9 Å². The van der Waals surface area contributed by atoms with E-state index in [4.69, 9.17) is 0 Å². The lowest BCUT2D eigenvalue weighted by Gasteiger charge is -2.23. The molecule has 6 heteroatoms. The quantitative estimate of drug-likeness (QED) is 0.872. The Labute approximate surface area is 145 Å². The van der Waals surface area contributed by atoms with Gasteiger partial charge in [-0.3, -0.25) is 14.6 Å². The molecule has 0 bridgehead atoms. The first-order valence-electron chi connectivity index (χ1n) is 8.33. The number of nitrogens with zero attached hydrogens (tertiary/aromatic N) is 2. The highest BCUT2D eigenvalue weighted by molar-refractivity contribution is 7.17. The van der Waals surface area contributed by atoms with Crippen LogP contribution >= 0.6 is 11.3 Å². The minimum absolute atomic E-state index is 0.0693. The van der Waals surface area contributed by atoms with Crippen molar-refractivity contribution in [1.29, 1.82) is 0 Å². The molecule has 1 aromatic heterocycles. The van der Waals surface area contributed by atoms with Gasteiger partial charge in [0.2, 0.25) is 0 Å². The third kappa shape index (κ3) is 2.32. The predicted octanol–water partition coefficient (Wildman–Crippen LogP) is 2.81. The SMILES string of the molecule is CC(C)N1C(=O)N[C@]2(CCN(Cc3csc4ccccc34)C2)C1=O. The minimum atomic E-state index is -0.729. The van der Waals surface area contributed by atoms with Gasteiger partial charge in [-0.25, -0.2) is 4.79 Å². The Bertz CT molecular complexity index is 815. The van der Waals surface area contributed by atoms with Crippen LogP contribution in [0, 0.1) is 0 Å². The van der Waals surface area contributed by atoms with Crippen LogP contribution in [0.15, 0.2) is 29.6 Å². The molecule has 1 N–H and O–H groups in total. The van der Waals surface area contributed by atoms with Crippen molar-refractivity contribution in [3.63, 3.8) is 0 Å². The van der Waals surface area contributed by atoms with Crippen LogP contribution in [0.2, 0.25) is 0 Å². The van der Waals surface area contributed by atoms with Gasteiger partial charge >= 0.3 is 6.03 Å². The van der Waals surface area contributed by atoms with E-state index in [9.17, 15) is 9.59 Å². The van der Waals surface area contributed by atoms with Crippen LogP contribution in [0.25, 0.3) is 10.1 Å². The van der Waals surface area contributed by atoms with Crippen molar-refractivity contribution in [3.05, 3.63) is 35.2 Å². The molecule has 3 heterocycles. The average Bonchev–Trinajstić information content (AvgIpc) is 3.19.